The lowest BCUT2D eigenvalue weighted by atomic mass is 10.3. The summed E-state index contributed by atoms with van der Waals surface area (Å²) in [5, 5.41) is 1.91. The third-order valence-electron chi connectivity index (χ3n) is 3.91. The molecule has 0 unspecified atom stereocenters. The van der Waals surface area contributed by atoms with Crippen LogP contribution in [0.1, 0.15) is 29.4 Å². The monoisotopic (exact) mass is 359 g/mol. The Morgan fingerprint density at radius 3 is 2.65 bits per heavy atom. The van der Waals surface area contributed by atoms with Gasteiger partial charge in [-0.2, -0.15) is 0 Å². The van der Waals surface area contributed by atoms with Crippen LogP contribution >= 0.6 is 11.3 Å². The number of piperazine rings is 1. The molecule has 23 heavy (non-hydrogen) atoms. The van der Waals surface area contributed by atoms with Gasteiger partial charge in [-0.3, -0.25) is 9.69 Å². The molecule has 1 aromatic rings. The molecule has 8 heteroatoms. The minimum atomic E-state index is -3.14. The predicted octanol–water partition coefficient (Wildman–Crippen LogP) is 1.23. The molecular weight excluding hydrogens is 334 g/mol. The predicted molar refractivity (Wildman–Crippen MR) is 93.4 cm³/mol. The Kier molecular flexibility index (Phi) is 7.01. The van der Waals surface area contributed by atoms with E-state index in [2.05, 4.69) is 9.62 Å². The van der Waals surface area contributed by atoms with E-state index in [-0.39, 0.29) is 11.7 Å². The topological polar surface area (TPSA) is 69.7 Å². The molecule has 2 rings (SSSR count). The van der Waals surface area contributed by atoms with Crippen molar-refractivity contribution in [2.45, 2.75) is 19.8 Å². The van der Waals surface area contributed by atoms with Gasteiger partial charge in [-0.05, 0) is 17.9 Å². The van der Waals surface area contributed by atoms with E-state index in [1.54, 1.807) is 0 Å². The van der Waals surface area contributed by atoms with E-state index in [1.165, 1.54) is 11.3 Å². The average molecular weight is 360 g/mol. The van der Waals surface area contributed by atoms with E-state index in [0.29, 0.717) is 32.6 Å². The van der Waals surface area contributed by atoms with Gasteiger partial charge in [-0.25, -0.2) is 13.1 Å². The minimum absolute atomic E-state index is 0.0971. The van der Waals surface area contributed by atoms with Crippen molar-refractivity contribution >= 4 is 27.3 Å². The molecule has 1 saturated heterocycles. The summed E-state index contributed by atoms with van der Waals surface area (Å²) in [6.45, 7) is 6.06. The van der Waals surface area contributed by atoms with Gasteiger partial charge in [-0.15, -0.1) is 11.3 Å². The second-order valence-electron chi connectivity index (χ2n) is 5.68. The molecule has 0 radical (unpaired) electrons. The van der Waals surface area contributed by atoms with Crippen molar-refractivity contribution in [2.24, 2.45) is 0 Å². The molecule has 0 saturated carbocycles. The van der Waals surface area contributed by atoms with Crippen molar-refractivity contribution in [2.75, 3.05) is 45.0 Å². The second-order valence-corrected chi connectivity index (χ2v) is 8.55. The number of nitrogens with zero attached hydrogens (tertiary/aromatic N) is 2. The summed E-state index contributed by atoms with van der Waals surface area (Å²) in [5.74, 6) is 0.298. The largest absolute Gasteiger partial charge is 0.335 e. The lowest BCUT2D eigenvalue weighted by molar-refractivity contribution is 0.0645. The molecule has 0 aromatic carbocycles. The first kappa shape index (κ1) is 18.4. The van der Waals surface area contributed by atoms with Crippen molar-refractivity contribution in [3.63, 3.8) is 0 Å². The number of hydrogen-bond donors (Lipinski definition) is 1. The molecule has 1 aliphatic heterocycles. The van der Waals surface area contributed by atoms with Crippen LogP contribution in [0.3, 0.4) is 0 Å². The van der Waals surface area contributed by atoms with Crippen molar-refractivity contribution in [3.8, 4) is 0 Å². The van der Waals surface area contributed by atoms with E-state index in [9.17, 15) is 13.2 Å². The molecular formula is C15H25N3O3S2. The Morgan fingerprint density at radius 2 is 2.04 bits per heavy atom. The highest BCUT2D eigenvalue weighted by molar-refractivity contribution is 7.89. The number of nitrogens with one attached hydrogen (secondary N) is 1. The number of unbranched alkanes of at least 4 members (excludes halogenated alkanes) is 1. The van der Waals surface area contributed by atoms with Crippen LogP contribution in [-0.2, 0) is 10.0 Å². The van der Waals surface area contributed by atoms with Gasteiger partial charge in [0.05, 0.1) is 10.6 Å². The average Bonchev–Trinajstić information content (AvgIpc) is 3.07. The molecule has 1 aliphatic rings. The second kappa shape index (κ2) is 8.77. The maximum absolute atomic E-state index is 12.2. The normalized spacial score (nSPS) is 16.7. The molecule has 2 heterocycles. The quantitative estimate of drug-likeness (QED) is 0.758. The van der Waals surface area contributed by atoms with Crippen LogP contribution in [0.5, 0.6) is 0 Å². The smallest absolute Gasteiger partial charge is 0.264 e. The number of hydrogen-bond acceptors (Lipinski definition) is 5. The van der Waals surface area contributed by atoms with Gasteiger partial charge < -0.3 is 4.90 Å². The van der Waals surface area contributed by atoms with Crippen LogP contribution in [0.2, 0.25) is 0 Å². The van der Waals surface area contributed by atoms with E-state index >= 15 is 0 Å². The number of rotatable bonds is 8. The molecule has 1 N–H and O–H groups in total. The fraction of sp³-hybridized carbons (Fsp3) is 0.667. The molecule has 1 fully saturated rings. The summed E-state index contributed by atoms with van der Waals surface area (Å²) in [4.78, 5) is 17.1. The maximum atomic E-state index is 12.2. The zero-order valence-electron chi connectivity index (χ0n) is 13.5. The summed E-state index contributed by atoms with van der Waals surface area (Å²) < 4.78 is 26.1. The summed E-state index contributed by atoms with van der Waals surface area (Å²) in [6.07, 6.45) is 1.57. The molecule has 1 aromatic heterocycles. The van der Waals surface area contributed by atoms with Crippen LogP contribution in [0, 0.1) is 0 Å². The van der Waals surface area contributed by atoms with E-state index < -0.39 is 10.0 Å². The summed E-state index contributed by atoms with van der Waals surface area (Å²) >= 11 is 1.47. The molecule has 6 nitrogen and oxygen atoms in total. The molecule has 0 atom stereocenters. The first-order valence-electron chi connectivity index (χ1n) is 8.04. The fourth-order valence-corrected chi connectivity index (χ4v) is 4.40. The van der Waals surface area contributed by atoms with Crippen molar-refractivity contribution < 1.29 is 13.2 Å². The first-order valence-corrected chi connectivity index (χ1v) is 10.6. The summed E-state index contributed by atoms with van der Waals surface area (Å²) in [7, 11) is -3.14. The fourth-order valence-electron chi connectivity index (χ4n) is 2.50. The summed E-state index contributed by atoms with van der Waals surface area (Å²) in [6, 6.07) is 3.74. The molecule has 1 amide bonds. The number of sulfonamides is 1. The Bertz CT molecular complexity index is 579. The Morgan fingerprint density at radius 1 is 1.30 bits per heavy atom. The van der Waals surface area contributed by atoms with Crippen molar-refractivity contribution in [3.05, 3.63) is 22.4 Å². The maximum Gasteiger partial charge on any atom is 0.264 e. The van der Waals surface area contributed by atoms with Gasteiger partial charge in [0.2, 0.25) is 10.0 Å². The lowest BCUT2D eigenvalue weighted by Crippen LogP contribution is -2.50. The Hall–Kier alpha value is -0.960. The van der Waals surface area contributed by atoms with Crippen LogP contribution in [0.25, 0.3) is 0 Å². The van der Waals surface area contributed by atoms with E-state index in [1.807, 2.05) is 29.3 Å². The third kappa shape index (κ3) is 5.87. The SMILES string of the molecule is CCCCS(=O)(=O)NCCN1CCN(C(=O)c2cccs2)CC1. The van der Waals surface area contributed by atoms with Crippen molar-refractivity contribution in [1.29, 1.82) is 0 Å². The van der Waals surface area contributed by atoms with Crippen LogP contribution < -0.4 is 4.72 Å². The minimum Gasteiger partial charge on any atom is -0.335 e. The molecule has 0 aliphatic carbocycles. The number of thiophene rings is 1. The Labute approximate surface area is 142 Å². The van der Waals surface area contributed by atoms with Gasteiger partial charge in [-0.1, -0.05) is 19.4 Å². The highest BCUT2D eigenvalue weighted by atomic mass is 32.2. The molecule has 130 valence electrons. The zero-order chi connectivity index (χ0) is 16.7. The van der Waals surface area contributed by atoms with Crippen LogP contribution in [0.15, 0.2) is 17.5 Å². The Balaban J connectivity index is 1.68. The number of carbonyl (C=O) groups is 1. The van der Waals surface area contributed by atoms with Crippen LogP contribution in [0.4, 0.5) is 0 Å². The third-order valence-corrected chi connectivity index (χ3v) is 6.24. The van der Waals surface area contributed by atoms with E-state index in [4.69, 9.17) is 0 Å². The zero-order valence-corrected chi connectivity index (χ0v) is 15.2. The van der Waals surface area contributed by atoms with Gasteiger partial charge in [0, 0.05) is 39.3 Å². The highest BCUT2D eigenvalue weighted by Crippen LogP contribution is 2.13. The molecule has 0 bridgehead atoms. The van der Waals surface area contributed by atoms with Crippen LogP contribution in [-0.4, -0.2) is 69.1 Å². The number of amides is 1. The van der Waals surface area contributed by atoms with Gasteiger partial charge in [0.25, 0.3) is 5.91 Å². The first-order chi connectivity index (χ1) is 11.0. The standard InChI is InChI=1S/C15H25N3O3S2/c1-2-3-13-23(20,21)16-6-7-17-8-10-18(11-9-17)15(19)14-5-4-12-22-14/h4-5,12,16H,2-3,6-11,13H2,1H3. The van der Waals surface area contributed by atoms with Gasteiger partial charge in [0.1, 0.15) is 0 Å². The summed E-state index contributed by atoms with van der Waals surface area (Å²) in [5.41, 5.74) is 0. The van der Waals surface area contributed by atoms with E-state index in [0.717, 1.165) is 24.4 Å². The lowest BCUT2D eigenvalue weighted by Gasteiger charge is -2.34. The van der Waals surface area contributed by atoms with Gasteiger partial charge in [0.15, 0.2) is 0 Å². The van der Waals surface area contributed by atoms with Gasteiger partial charge >= 0.3 is 0 Å². The highest BCUT2D eigenvalue weighted by Gasteiger charge is 2.22. The molecule has 0 spiro atoms. The number of carbonyl (C=O) groups excluding carboxylic acids is 1. The van der Waals surface area contributed by atoms with Crippen molar-refractivity contribution in [1.82, 2.24) is 14.5 Å².